The highest BCUT2D eigenvalue weighted by molar-refractivity contribution is 9.10. The molecule has 74 valence electrons. The van der Waals surface area contributed by atoms with Gasteiger partial charge in [0.2, 0.25) is 0 Å². The minimum absolute atomic E-state index is 0.174. The Kier molecular flexibility index (Phi) is 2.90. The number of halogens is 1. The van der Waals surface area contributed by atoms with Crippen LogP contribution >= 0.6 is 15.9 Å². The summed E-state index contributed by atoms with van der Waals surface area (Å²) in [4.78, 5) is 21.6. The van der Waals surface area contributed by atoms with Crippen molar-refractivity contribution in [1.82, 2.24) is 0 Å². The summed E-state index contributed by atoms with van der Waals surface area (Å²) in [6.07, 6.45) is 0. The molecule has 0 fully saturated rings. The van der Waals surface area contributed by atoms with Crippen LogP contribution in [0, 0.1) is 6.92 Å². The molecule has 0 aliphatic carbocycles. The van der Waals surface area contributed by atoms with Crippen LogP contribution in [0.1, 0.15) is 15.9 Å². The molecule has 14 heavy (non-hydrogen) atoms. The largest absolute Gasteiger partial charge is 0.506 e. The molecule has 4 nitrogen and oxygen atoms in total. The fraction of sp³-hybridized carbons (Fsp3) is 0.111. The van der Waals surface area contributed by atoms with Crippen molar-refractivity contribution in [2.24, 2.45) is 0 Å². The molecular weight excluding hydrogens is 252 g/mol. The Labute approximate surface area is 88.3 Å². The Balaban J connectivity index is 3.40. The first kappa shape index (κ1) is 10.7. The molecule has 1 aromatic carbocycles. The summed E-state index contributed by atoms with van der Waals surface area (Å²) in [5, 5.41) is 18.0. The van der Waals surface area contributed by atoms with E-state index in [9.17, 15) is 14.7 Å². The second-order valence-corrected chi connectivity index (χ2v) is 3.58. The molecule has 0 aliphatic rings. The predicted molar refractivity (Wildman–Crippen MR) is 52.5 cm³/mol. The van der Waals surface area contributed by atoms with E-state index in [0.29, 0.717) is 10.0 Å². The molecule has 0 unspecified atom stereocenters. The number of phenolic OH excluding ortho intramolecular Hbond substituents is 1. The van der Waals surface area contributed by atoms with Crippen LogP contribution in [0.5, 0.6) is 5.75 Å². The lowest BCUT2D eigenvalue weighted by molar-refractivity contribution is -0.131. The van der Waals surface area contributed by atoms with Gasteiger partial charge < -0.3 is 10.2 Å². The number of carboxylic acid groups (broad SMARTS) is 1. The van der Waals surface area contributed by atoms with Crippen LogP contribution < -0.4 is 0 Å². The van der Waals surface area contributed by atoms with E-state index in [1.165, 1.54) is 0 Å². The van der Waals surface area contributed by atoms with Gasteiger partial charge in [-0.15, -0.1) is 0 Å². The van der Waals surface area contributed by atoms with Gasteiger partial charge in [0.05, 0.1) is 10.0 Å². The van der Waals surface area contributed by atoms with Crippen LogP contribution in [0.2, 0.25) is 0 Å². The van der Waals surface area contributed by atoms with Crippen LogP contribution in [0.3, 0.4) is 0 Å². The third-order valence-electron chi connectivity index (χ3n) is 1.76. The van der Waals surface area contributed by atoms with Gasteiger partial charge in [0, 0.05) is 0 Å². The second-order valence-electron chi connectivity index (χ2n) is 2.72. The van der Waals surface area contributed by atoms with E-state index in [-0.39, 0.29) is 11.3 Å². The van der Waals surface area contributed by atoms with E-state index < -0.39 is 11.8 Å². The van der Waals surface area contributed by atoms with Crippen molar-refractivity contribution in [3.05, 3.63) is 27.7 Å². The van der Waals surface area contributed by atoms with Gasteiger partial charge >= 0.3 is 5.97 Å². The zero-order valence-corrected chi connectivity index (χ0v) is 8.83. The minimum Gasteiger partial charge on any atom is -0.506 e. The average molecular weight is 259 g/mol. The van der Waals surface area contributed by atoms with E-state index >= 15 is 0 Å². The number of aromatic hydroxyl groups is 1. The van der Waals surface area contributed by atoms with Gasteiger partial charge in [-0.25, -0.2) is 4.79 Å². The molecule has 0 saturated carbocycles. The molecule has 1 rings (SSSR count). The molecule has 0 spiro atoms. The van der Waals surface area contributed by atoms with Gasteiger partial charge in [-0.3, -0.25) is 4.79 Å². The van der Waals surface area contributed by atoms with Crippen molar-refractivity contribution in [1.29, 1.82) is 0 Å². The molecule has 0 aromatic heterocycles. The summed E-state index contributed by atoms with van der Waals surface area (Å²) in [6.45, 7) is 1.56. The Morgan fingerprint density at radius 3 is 2.43 bits per heavy atom. The zero-order chi connectivity index (χ0) is 10.9. The monoisotopic (exact) mass is 258 g/mol. The number of carboxylic acids is 1. The van der Waals surface area contributed by atoms with E-state index in [1.807, 2.05) is 0 Å². The van der Waals surface area contributed by atoms with Crippen LogP contribution in [-0.2, 0) is 4.79 Å². The third kappa shape index (κ3) is 1.77. The Hall–Kier alpha value is -1.36. The fourth-order valence-corrected chi connectivity index (χ4v) is 1.39. The topological polar surface area (TPSA) is 74.6 Å². The van der Waals surface area contributed by atoms with Crippen molar-refractivity contribution in [2.45, 2.75) is 6.92 Å². The van der Waals surface area contributed by atoms with Crippen molar-refractivity contribution in [3.63, 3.8) is 0 Å². The predicted octanol–water partition coefficient (Wildman–Crippen LogP) is 1.73. The zero-order valence-electron chi connectivity index (χ0n) is 7.24. The van der Waals surface area contributed by atoms with Crippen LogP contribution in [-0.4, -0.2) is 22.0 Å². The Bertz CT molecular complexity index is 412. The first-order chi connectivity index (χ1) is 6.45. The number of aliphatic carboxylic acids is 1. The maximum Gasteiger partial charge on any atom is 0.377 e. The van der Waals surface area contributed by atoms with E-state index in [2.05, 4.69) is 15.9 Å². The second kappa shape index (κ2) is 3.79. The Morgan fingerprint density at radius 1 is 1.36 bits per heavy atom. The smallest absolute Gasteiger partial charge is 0.377 e. The molecule has 0 radical (unpaired) electrons. The van der Waals surface area contributed by atoms with E-state index in [4.69, 9.17) is 5.11 Å². The van der Waals surface area contributed by atoms with Gasteiger partial charge in [0.25, 0.3) is 5.78 Å². The summed E-state index contributed by atoms with van der Waals surface area (Å²) in [5.74, 6) is -3.03. The molecule has 1 aromatic rings. The summed E-state index contributed by atoms with van der Waals surface area (Å²) in [7, 11) is 0. The number of hydrogen-bond donors (Lipinski definition) is 2. The number of aryl methyl sites for hydroxylation is 1. The maximum absolute atomic E-state index is 11.2. The van der Waals surface area contributed by atoms with Crippen molar-refractivity contribution >= 4 is 27.7 Å². The number of Topliss-reactive ketones (excluding diaryl/α,β-unsaturated/α-hetero) is 1. The molecule has 0 heterocycles. The van der Waals surface area contributed by atoms with Gasteiger partial charge in [0.1, 0.15) is 5.75 Å². The highest BCUT2D eigenvalue weighted by Crippen LogP contribution is 2.30. The number of ketones is 1. The first-order valence-electron chi connectivity index (χ1n) is 3.71. The van der Waals surface area contributed by atoms with E-state index in [0.717, 1.165) is 0 Å². The molecular formula is C9H7BrO4. The van der Waals surface area contributed by atoms with Crippen LogP contribution in [0.25, 0.3) is 0 Å². The van der Waals surface area contributed by atoms with E-state index in [1.54, 1.807) is 19.1 Å². The number of carbonyl (C=O) groups is 2. The van der Waals surface area contributed by atoms with Gasteiger partial charge in [-0.1, -0.05) is 6.07 Å². The highest BCUT2D eigenvalue weighted by atomic mass is 79.9. The van der Waals surface area contributed by atoms with Gasteiger partial charge in [-0.2, -0.15) is 0 Å². The lowest BCUT2D eigenvalue weighted by Crippen LogP contribution is -2.14. The highest BCUT2D eigenvalue weighted by Gasteiger charge is 2.22. The summed E-state index contributed by atoms with van der Waals surface area (Å²) in [5.41, 5.74) is 0.255. The lowest BCUT2D eigenvalue weighted by Gasteiger charge is -2.05. The molecule has 0 bridgehead atoms. The Morgan fingerprint density at radius 2 is 1.93 bits per heavy atom. The lowest BCUT2D eigenvalue weighted by atomic mass is 10.0. The normalized spacial score (nSPS) is 9.86. The standard InChI is InChI=1S/C9H7BrO4/c1-4-2-3-5(10)7(11)6(4)8(12)9(13)14/h2-3,11H,1H3,(H,13,14). The maximum atomic E-state index is 11.2. The molecule has 0 saturated heterocycles. The average Bonchev–Trinajstić information content (AvgIpc) is 2.12. The first-order valence-corrected chi connectivity index (χ1v) is 4.50. The summed E-state index contributed by atoms with van der Waals surface area (Å²) >= 11 is 3.00. The van der Waals surface area contributed by atoms with Crippen molar-refractivity contribution in [2.75, 3.05) is 0 Å². The summed E-state index contributed by atoms with van der Waals surface area (Å²) < 4.78 is 0.299. The minimum atomic E-state index is -1.58. The molecule has 5 heteroatoms. The van der Waals surface area contributed by atoms with Crippen LogP contribution in [0.15, 0.2) is 16.6 Å². The number of phenols is 1. The fourth-order valence-electron chi connectivity index (χ4n) is 1.06. The number of benzene rings is 1. The molecule has 0 amide bonds. The van der Waals surface area contributed by atoms with Crippen molar-refractivity contribution in [3.8, 4) is 5.75 Å². The number of rotatable bonds is 2. The molecule has 2 N–H and O–H groups in total. The quantitative estimate of drug-likeness (QED) is 0.626. The van der Waals surface area contributed by atoms with Gasteiger partial charge in [0.15, 0.2) is 0 Å². The van der Waals surface area contributed by atoms with Crippen molar-refractivity contribution < 1.29 is 19.8 Å². The third-order valence-corrected chi connectivity index (χ3v) is 2.40. The van der Waals surface area contributed by atoms with Crippen LogP contribution in [0.4, 0.5) is 0 Å². The van der Waals surface area contributed by atoms with Gasteiger partial charge in [-0.05, 0) is 34.5 Å². The molecule has 0 aliphatic heterocycles. The molecule has 0 atom stereocenters. The number of carbonyl (C=O) groups excluding carboxylic acids is 1. The SMILES string of the molecule is Cc1ccc(Br)c(O)c1C(=O)C(=O)O. The number of hydrogen-bond acceptors (Lipinski definition) is 3. The summed E-state index contributed by atoms with van der Waals surface area (Å²) in [6, 6.07) is 3.10.